The second-order valence-corrected chi connectivity index (χ2v) is 6.73. The standard InChI is InChI=1S/C14H26N2OS/c1-12-5-7-14(8-6-12)11-18-13(16-14)15-9-3-4-10-17-2/h12H,3-11H2,1-2H3,(H,15,16). The Hall–Kier alpha value is -0.220. The predicted molar refractivity (Wildman–Crippen MR) is 79.4 cm³/mol. The fourth-order valence-corrected chi connectivity index (χ4v) is 3.96. The molecule has 1 heterocycles. The highest BCUT2D eigenvalue weighted by Crippen LogP contribution is 2.38. The Morgan fingerprint density at radius 1 is 1.39 bits per heavy atom. The first-order valence-electron chi connectivity index (χ1n) is 7.18. The summed E-state index contributed by atoms with van der Waals surface area (Å²) < 4.78 is 5.04. The Balaban J connectivity index is 1.72. The molecule has 18 heavy (non-hydrogen) atoms. The summed E-state index contributed by atoms with van der Waals surface area (Å²) in [6.07, 6.45) is 7.63. The number of hydrogen-bond acceptors (Lipinski definition) is 3. The van der Waals surface area contributed by atoms with Crippen molar-refractivity contribution in [3.05, 3.63) is 0 Å². The van der Waals surface area contributed by atoms with Gasteiger partial charge in [0.05, 0.1) is 0 Å². The zero-order valence-electron chi connectivity index (χ0n) is 11.7. The zero-order valence-corrected chi connectivity index (χ0v) is 12.5. The largest absolute Gasteiger partial charge is 0.385 e. The monoisotopic (exact) mass is 270 g/mol. The van der Waals surface area contributed by atoms with E-state index in [4.69, 9.17) is 4.74 Å². The van der Waals surface area contributed by atoms with Gasteiger partial charge in [-0.25, -0.2) is 0 Å². The second-order valence-electron chi connectivity index (χ2n) is 5.76. The van der Waals surface area contributed by atoms with E-state index in [-0.39, 0.29) is 0 Å². The Kier molecular flexibility index (Phi) is 5.37. The molecule has 0 bridgehead atoms. The summed E-state index contributed by atoms with van der Waals surface area (Å²) >= 11 is 1.92. The van der Waals surface area contributed by atoms with Crippen molar-refractivity contribution in [1.29, 1.82) is 0 Å². The van der Waals surface area contributed by atoms with E-state index in [0.717, 1.165) is 31.9 Å². The molecular weight excluding hydrogens is 244 g/mol. The van der Waals surface area contributed by atoms with Gasteiger partial charge in [-0.1, -0.05) is 18.7 Å². The van der Waals surface area contributed by atoms with Crippen LogP contribution in [0.2, 0.25) is 0 Å². The normalized spacial score (nSPS) is 34.1. The van der Waals surface area contributed by atoms with Crippen LogP contribution in [0.1, 0.15) is 45.4 Å². The first-order chi connectivity index (χ1) is 8.74. The van der Waals surface area contributed by atoms with Crippen LogP contribution < -0.4 is 5.32 Å². The second kappa shape index (κ2) is 6.80. The molecule has 0 radical (unpaired) electrons. The van der Waals surface area contributed by atoms with Crippen LogP contribution in [0.25, 0.3) is 0 Å². The molecule has 0 aromatic rings. The van der Waals surface area contributed by atoms with Crippen LogP contribution >= 0.6 is 11.8 Å². The maximum atomic E-state index is 5.04. The van der Waals surface area contributed by atoms with Crippen molar-refractivity contribution < 1.29 is 4.74 Å². The van der Waals surface area contributed by atoms with Gasteiger partial charge in [0.2, 0.25) is 0 Å². The molecule has 2 fully saturated rings. The highest BCUT2D eigenvalue weighted by Gasteiger charge is 2.39. The van der Waals surface area contributed by atoms with Gasteiger partial charge in [0, 0.05) is 31.6 Å². The minimum absolute atomic E-state index is 0.378. The number of thioether (sulfide) groups is 1. The lowest BCUT2D eigenvalue weighted by Gasteiger charge is -2.35. The van der Waals surface area contributed by atoms with Crippen molar-refractivity contribution in [2.45, 2.75) is 51.0 Å². The Bertz CT molecular complexity index is 286. The van der Waals surface area contributed by atoms with Crippen LogP contribution in [0.15, 0.2) is 4.99 Å². The number of aliphatic imine (C=N–C) groups is 1. The van der Waals surface area contributed by atoms with Gasteiger partial charge >= 0.3 is 0 Å². The lowest BCUT2D eigenvalue weighted by Crippen LogP contribution is -2.46. The van der Waals surface area contributed by atoms with E-state index in [1.807, 2.05) is 11.8 Å². The van der Waals surface area contributed by atoms with Crippen molar-refractivity contribution in [2.75, 3.05) is 26.0 Å². The molecule has 3 nitrogen and oxygen atoms in total. The van der Waals surface area contributed by atoms with E-state index in [0.29, 0.717) is 5.54 Å². The highest BCUT2D eigenvalue weighted by molar-refractivity contribution is 8.14. The fraction of sp³-hybridized carbons (Fsp3) is 0.929. The molecule has 0 unspecified atom stereocenters. The molecule has 2 rings (SSSR count). The van der Waals surface area contributed by atoms with E-state index in [1.165, 1.54) is 36.6 Å². The minimum atomic E-state index is 0.378. The van der Waals surface area contributed by atoms with Gasteiger partial charge in [0.25, 0.3) is 0 Å². The Labute approximate surface area is 115 Å². The summed E-state index contributed by atoms with van der Waals surface area (Å²) in [5, 5.41) is 4.88. The molecule has 1 saturated carbocycles. The van der Waals surface area contributed by atoms with Gasteiger partial charge in [-0.15, -0.1) is 0 Å². The quantitative estimate of drug-likeness (QED) is 0.780. The van der Waals surface area contributed by atoms with Gasteiger partial charge in [0.1, 0.15) is 0 Å². The lowest BCUT2D eigenvalue weighted by atomic mass is 9.78. The van der Waals surface area contributed by atoms with Crippen molar-refractivity contribution >= 4 is 16.9 Å². The molecule has 1 spiro atoms. The number of rotatable bonds is 5. The Morgan fingerprint density at radius 3 is 2.89 bits per heavy atom. The van der Waals surface area contributed by atoms with E-state index in [1.54, 1.807) is 7.11 Å². The van der Waals surface area contributed by atoms with Crippen LogP contribution in [0, 0.1) is 5.92 Å². The zero-order chi connectivity index (χ0) is 12.8. The molecule has 1 aliphatic carbocycles. The van der Waals surface area contributed by atoms with Crippen molar-refractivity contribution in [1.82, 2.24) is 5.32 Å². The van der Waals surface area contributed by atoms with Crippen LogP contribution in [0.3, 0.4) is 0 Å². The minimum Gasteiger partial charge on any atom is -0.385 e. The van der Waals surface area contributed by atoms with Crippen LogP contribution in [-0.4, -0.2) is 36.7 Å². The number of nitrogens with zero attached hydrogens (tertiary/aromatic N) is 1. The molecule has 0 aromatic carbocycles. The number of hydrogen-bond donors (Lipinski definition) is 1. The third kappa shape index (κ3) is 3.89. The van der Waals surface area contributed by atoms with Crippen molar-refractivity contribution in [3.8, 4) is 0 Å². The van der Waals surface area contributed by atoms with E-state index in [9.17, 15) is 0 Å². The molecule has 4 heteroatoms. The smallest absolute Gasteiger partial charge is 0.157 e. The lowest BCUT2D eigenvalue weighted by molar-refractivity contribution is 0.193. The average Bonchev–Trinajstić information content (AvgIpc) is 2.77. The molecule has 0 atom stereocenters. The van der Waals surface area contributed by atoms with Gasteiger partial charge in [-0.2, -0.15) is 0 Å². The van der Waals surface area contributed by atoms with E-state index >= 15 is 0 Å². The van der Waals surface area contributed by atoms with Crippen LogP contribution in [-0.2, 0) is 4.74 Å². The molecule has 104 valence electrons. The molecule has 0 amide bonds. The number of amidine groups is 1. The van der Waals surface area contributed by atoms with Crippen molar-refractivity contribution in [2.24, 2.45) is 10.9 Å². The molecule has 2 aliphatic rings. The molecule has 1 N–H and O–H groups in total. The molecule has 1 aliphatic heterocycles. The summed E-state index contributed by atoms with van der Waals surface area (Å²) in [5.41, 5.74) is 0.378. The molecular formula is C14H26N2OS. The van der Waals surface area contributed by atoms with Gasteiger partial charge in [-0.05, 0) is 44.4 Å². The topological polar surface area (TPSA) is 33.6 Å². The summed E-state index contributed by atoms with van der Waals surface area (Å²) in [6, 6.07) is 0. The van der Waals surface area contributed by atoms with Crippen LogP contribution in [0.4, 0.5) is 0 Å². The maximum absolute atomic E-state index is 5.04. The molecule has 0 aromatic heterocycles. The fourth-order valence-electron chi connectivity index (χ4n) is 2.71. The number of unbranched alkanes of at least 4 members (excludes halogenated alkanes) is 1. The van der Waals surface area contributed by atoms with Gasteiger partial charge in [0.15, 0.2) is 5.17 Å². The summed E-state index contributed by atoms with van der Waals surface area (Å²) in [6.45, 7) is 4.16. The van der Waals surface area contributed by atoms with E-state index in [2.05, 4.69) is 17.2 Å². The maximum Gasteiger partial charge on any atom is 0.157 e. The Morgan fingerprint density at radius 2 is 2.17 bits per heavy atom. The first-order valence-corrected chi connectivity index (χ1v) is 8.17. The van der Waals surface area contributed by atoms with Gasteiger partial charge in [-0.3, -0.25) is 4.99 Å². The predicted octanol–water partition coefficient (Wildman–Crippen LogP) is 3.05. The summed E-state index contributed by atoms with van der Waals surface area (Å²) in [7, 11) is 1.76. The summed E-state index contributed by atoms with van der Waals surface area (Å²) in [4.78, 5) is 4.68. The van der Waals surface area contributed by atoms with E-state index < -0.39 is 0 Å². The number of ether oxygens (including phenoxy) is 1. The average molecular weight is 270 g/mol. The third-order valence-electron chi connectivity index (χ3n) is 4.10. The third-order valence-corrected chi connectivity index (χ3v) is 5.30. The number of methoxy groups -OCH3 is 1. The van der Waals surface area contributed by atoms with Crippen LogP contribution in [0.5, 0.6) is 0 Å². The summed E-state index contributed by atoms with van der Waals surface area (Å²) in [5.74, 6) is 2.13. The SMILES string of the molecule is COCCCCN=C1NC2(CCC(C)CC2)CS1. The molecule has 1 saturated heterocycles. The van der Waals surface area contributed by atoms with Gasteiger partial charge < -0.3 is 10.1 Å². The highest BCUT2D eigenvalue weighted by atomic mass is 32.2. The first kappa shape index (κ1) is 14.2. The number of nitrogens with one attached hydrogen (secondary N) is 1. The van der Waals surface area contributed by atoms with Crippen molar-refractivity contribution in [3.63, 3.8) is 0 Å².